The number of carboxylic acids is 1. The normalized spacial score (nSPS) is 9.23. The third-order valence-corrected chi connectivity index (χ3v) is 1.59. The number of hydrogen-bond donors (Lipinski definition) is 0. The van der Waals surface area contributed by atoms with Crippen LogP contribution in [-0.2, 0) is 20.5 Å². The van der Waals surface area contributed by atoms with Gasteiger partial charge < -0.3 is 31.1 Å². The molecule has 0 aliphatic rings. The fourth-order valence-corrected chi connectivity index (χ4v) is 0.977. The van der Waals surface area contributed by atoms with Crippen molar-refractivity contribution in [1.82, 2.24) is 9.97 Å². The van der Waals surface area contributed by atoms with E-state index in [4.69, 9.17) is 0 Å². The number of carbonyl (C=O) groups excluding carboxylic acids is 3. The zero-order valence-corrected chi connectivity index (χ0v) is 16.4. The second-order valence-corrected chi connectivity index (χ2v) is 4.11. The third kappa shape index (κ3) is 30.1. The van der Waals surface area contributed by atoms with E-state index in [1.807, 2.05) is 0 Å². The molecule has 10 nitrogen and oxygen atoms in total. The Labute approximate surface area is 180 Å². The monoisotopic (exact) mass is 528 g/mol. The van der Waals surface area contributed by atoms with E-state index in [1.54, 1.807) is 0 Å². The zero-order chi connectivity index (χ0) is 18.4. The molecule has 6 N–H and O–H groups in total. The standard InChI is InChI=1S/C5H4N2O2.2C5H8O2.2H2O.Tm/c8-5(9)4-3-6-1-2-7-4;2*1-4(6)3-5(2)7;;;/h1-3H,(H,8,9);2*3,6H,1-2H3;2*1H2;/q;;;;;+3/p-1/b;2*4-3-;;;. The maximum atomic E-state index is 9.99. The summed E-state index contributed by atoms with van der Waals surface area (Å²) in [5.41, 5.74) is -0.141. The van der Waals surface area contributed by atoms with Crippen molar-refractivity contribution in [2.45, 2.75) is 27.7 Å². The van der Waals surface area contributed by atoms with Gasteiger partial charge in [-0.1, -0.05) is 13.8 Å². The number of allylic oxidation sites excluding steroid dienone is 4. The molecule has 0 aromatic carbocycles. The van der Waals surface area contributed by atoms with Gasteiger partial charge in [-0.2, -0.15) is 0 Å². The molecule has 1 heterocycles. The molecule has 0 saturated carbocycles. The first-order chi connectivity index (χ1) is 10.6. The summed E-state index contributed by atoms with van der Waals surface area (Å²) in [5.74, 6) is -2.05. The van der Waals surface area contributed by atoms with Crippen molar-refractivity contribution >= 4 is 17.5 Å². The van der Waals surface area contributed by atoms with Crippen LogP contribution in [0.25, 0.3) is 0 Å². The number of rotatable bonds is 3. The van der Waals surface area contributed by atoms with Crippen LogP contribution in [0.1, 0.15) is 38.2 Å². The molecule has 0 atom stereocenters. The number of carboxylic acid groups (broad SMARTS) is 1. The molecule has 0 amide bonds. The Kier molecular flexibility index (Phi) is 28.7. The van der Waals surface area contributed by atoms with Crippen LogP contribution in [0.15, 0.2) is 42.3 Å². The van der Waals surface area contributed by atoms with Crippen molar-refractivity contribution in [3.8, 4) is 0 Å². The van der Waals surface area contributed by atoms with Crippen molar-refractivity contribution in [2.24, 2.45) is 0 Å². The molecule has 0 aliphatic heterocycles. The molecule has 0 spiro atoms. The maximum absolute atomic E-state index is 9.99. The Morgan fingerprint density at radius 1 is 0.846 bits per heavy atom. The SMILES string of the molecule is CC(=O)/C=C(/C)[O-].CC(=O)/C=C(/C)[O-].O=C([O-])c1cnccn1.[OH3+].[OH3+].[Tm+3]. The average Bonchev–Trinajstić information content (AvgIpc) is 2.37. The second-order valence-electron chi connectivity index (χ2n) is 4.11. The molecule has 26 heavy (non-hydrogen) atoms. The van der Waals surface area contributed by atoms with Crippen LogP contribution in [0.3, 0.4) is 0 Å². The van der Waals surface area contributed by atoms with Gasteiger partial charge in [0, 0.05) is 12.4 Å². The van der Waals surface area contributed by atoms with Crippen molar-refractivity contribution in [1.29, 1.82) is 0 Å². The summed E-state index contributed by atoms with van der Waals surface area (Å²) in [7, 11) is 0. The summed E-state index contributed by atoms with van der Waals surface area (Å²) >= 11 is 0. The van der Waals surface area contributed by atoms with E-state index in [9.17, 15) is 29.7 Å². The van der Waals surface area contributed by atoms with Gasteiger partial charge in [-0.3, -0.25) is 19.6 Å². The first kappa shape index (κ1) is 35.3. The predicted molar refractivity (Wildman–Crippen MR) is 85.0 cm³/mol. The minimum Gasteiger partial charge on any atom is -0.876 e. The summed E-state index contributed by atoms with van der Waals surface area (Å²) in [5, 5.41) is 29.9. The zero-order valence-electron chi connectivity index (χ0n) is 14.7. The van der Waals surface area contributed by atoms with Gasteiger partial charge in [0.05, 0.1) is 12.2 Å². The molecular weight excluding hydrogens is 505 g/mol. The number of aromatic nitrogens is 2. The minimum absolute atomic E-state index is 0. The Balaban J connectivity index is -0.0000000813. The van der Waals surface area contributed by atoms with E-state index in [0.29, 0.717) is 0 Å². The first-order valence-electron chi connectivity index (χ1n) is 6.25. The van der Waals surface area contributed by atoms with E-state index in [2.05, 4.69) is 9.97 Å². The minimum atomic E-state index is -1.30. The van der Waals surface area contributed by atoms with E-state index < -0.39 is 5.97 Å². The molecule has 11 heteroatoms. The number of ketones is 2. The van der Waals surface area contributed by atoms with E-state index in [0.717, 1.165) is 18.3 Å². The third-order valence-electron chi connectivity index (χ3n) is 1.59. The van der Waals surface area contributed by atoms with Crippen LogP contribution < -0.4 is 15.3 Å². The maximum Gasteiger partial charge on any atom is 3.00 e. The molecule has 0 radical (unpaired) electrons. The predicted octanol–water partition coefficient (Wildman–Crippen LogP) is -3.32. The molecule has 0 saturated heterocycles. The van der Waals surface area contributed by atoms with Crippen LogP contribution in [0.5, 0.6) is 0 Å². The van der Waals surface area contributed by atoms with Gasteiger partial charge in [0.1, 0.15) is 5.69 Å². The van der Waals surface area contributed by atoms with E-state index in [-0.39, 0.29) is 76.6 Å². The molecule has 0 aliphatic carbocycles. The van der Waals surface area contributed by atoms with Gasteiger partial charge in [0.25, 0.3) is 0 Å². The molecule has 1 rings (SSSR count). The summed E-state index contributed by atoms with van der Waals surface area (Å²) < 4.78 is 0. The van der Waals surface area contributed by atoms with Crippen LogP contribution in [0, 0.1) is 36.9 Å². The van der Waals surface area contributed by atoms with Crippen LogP contribution in [0.4, 0.5) is 0 Å². The average molecular weight is 528 g/mol. The summed E-state index contributed by atoms with van der Waals surface area (Å²) in [6.45, 7) is 5.39. The van der Waals surface area contributed by atoms with Gasteiger partial charge in [-0.05, 0) is 26.0 Å². The van der Waals surface area contributed by atoms with Gasteiger partial charge in [0.15, 0.2) is 11.6 Å². The first-order valence-corrected chi connectivity index (χ1v) is 6.25. The molecule has 1 aromatic heterocycles. The molecule has 0 bridgehead atoms. The van der Waals surface area contributed by atoms with Crippen molar-refractivity contribution in [2.75, 3.05) is 0 Å². The van der Waals surface area contributed by atoms with Crippen LogP contribution in [-0.4, -0.2) is 27.5 Å². The summed E-state index contributed by atoms with van der Waals surface area (Å²) in [4.78, 5) is 36.9. The van der Waals surface area contributed by atoms with Gasteiger partial charge in [0.2, 0.25) is 0 Å². The Bertz CT molecular complexity index is 553. The Morgan fingerprint density at radius 2 is 1.23 bits per heavy atom. The molecular formula is C15H23N2O8Tm+2. The molecule has 152 valence electrons. The largest absolute Gasteiger partial charge is 3.00 e. The molecule has 0 unspecified atom stereocenters. The van der Waals surface area contributed by atoms with Crippen LogP contribution in [0.2, 0.25) is 0 Å². The summed E-state index contributed by atoms with van der Waals surface area (Å²) in [6, 6.07) is 0. The Morgan fingerprint density at radius 3 is 1.35 bits per heavy atom. The topological polar surface area (TPSA) is 212 Å². The Hall–Kier alpha value is -1.88. The number of hydrogen-bond acceptors (Lipinski definition) is 8. The second kappa shape index (κ2) is 21.2. The number of carbonyl (C=O) groups is 3. The van der Waals surface area contributed by atoms with E-state index in [1.165, 1.54) is 40.1 Å². The molecule has 1 aromatic rings. The fourth-order valence-electron chi connectivity index (χ4n) is 0.977. The number of nitrogens with zero attached hydrogens (tertiary/aromatic N) is 2. The molecule has 0 fully saturated rings. The van der Waals surface area contributed by atoms with Crippen molar-refractivity contribution in [3.05, 3.63) is 48.0 Å². The van der Waals surface area contributed by atoms with Crippen molar-refractivity contribution < 1.29 is 77.5 Å². The number of aromatic carboxylic acids is 1. The summed E-state index contributed by atoms with van der Waals surface area (Å²) in [6.07, 6.45) is 5.94. The van der Waals surface area contributed by atoms with Gasteiger partial charge in [-0.25, -0.2) is 0 Å². The van der Waals surface area contributed by atoms with Gasteiger partial charge in [-0.15, -0.1) is 11.5 Å². The van der Waals surface area contributed by atoms with E-state index >= 15 is 0 Å². The quantitative estimate of drug-likeness (QED) is 0.219. The van der Waals surface area contributed by atoms with Crippen molar-refractivity contribution in [3.63, 3.8) is 0 Å². The smallest absolute Gasteiger partial charge is 0.876 e. The fraction of sp³-hybridized carbons (Fsp3) is 0.267. The van der Waals surface area contributed by atoms with Crippen LogP contribution >= 0.6 is 0 Å². The van der Waals surface area contributed by atoms with Gasteiger partial charge >= 0.3 is 36.9 Å².